The van der Waals surface area contributed by atoms with Gasteiger partial charge in [0.2, 0.25) is 0 Å². The van der Waals surface area contributed by atoms with Crippen LogP contribution in [0.1, 0.15) is 27.2 Å². The van der Waals surface area contributed by atoms with Crippen molar-refractivity contribution in [3.8, 4) is 0 Å². The second-order valence-electron chi connectivity index (χ2n) is 3.20. The molecule has 1 aliphatic heterocycles. The number of epoxide rings is 1. The number of ether oxygens (including phenoxy) is 1. The van der Waals surface area contributed by atoms with Gasteiger partial charge in [0.1, 0.15) is 6.10 Å². The molecule has 1 fully saturated rings. The summed E-state index contributed by atoms with van der Waals surface area (Å²) in [4.78, 5) is 0. The van der Waals surface area contributed by atoms with E-state index in [1.807, 2.05) is 0 Å². The summed E-state index contributed by atoms with van der Waals surface area (Å²) in [6.07, 6.45) is 1.54. The Morgan fingerprint density at radius 2 is 2.00 bits per heavy atom. The Hall–Kier alpha value is 0.250. The predicted molar refractivity (Wildman–Crippen MR) is 43.1 cm³/mol. The van der Waals surface area contributed by atoms with Crippen LogP contribution in [0.5, 0.6) is 0 Å². The summed E-state index contributed by atoms with van der Waals surface area (Å²) in [5, 5.41) is 0. The molecule has 1 heterocycles. The summed E-state index contributed by atoms with van der Waals surface area (Å²) >= 11 is 5.73. The first-order valence-electron chi connectivity index (χ1n) is 3.96. The van der Waals surface area contributed by atoms with E-state index in [9.17, 15) is 0 Å². The van der Waals surface area contributed by atoms with Crippen LogP contribution in [0.2, 0.25) is 0 Å². The highest BCUT2D eigenvalue weighted by Crippen LogP contribution is 2.36. The van der Waals surface area contributed by atoms with Crippen molar-refractivity contribution in [3.05, 3.63) is 0 Å². The summed E-state index contributed by atoms with van der Waals surface area (Å²) in [6, 6.07) is 0. The standard InChI is InChI=1S/C8H15ClO/c1-4-5(2)6(3)7-8(9)10-7/h5-8H,4H2,1-3H3. The molecule has 0 radical (unpaired) electrons. The zero-order valence-electron chi connectivity index (χ0n) is 6.80. The molecule has 0 N–H and O–H groups in total. The fraction of sp³-hybridized carbons (Fsp3) is 1.00. The van der Waals surface area contributed by atoms with Crippen LogP contribution in [-0.4, -0.2) is 11.7 Å². The second kappa shape index (κ2) is 3.10. The quantitative estimate of drug-likeness (QED) is 0.459. The van der Waals surface area contributed by atoms with Crippen molar-refractivity contribution in [2.24, 2.45) is 11.8 Å². The molecule has 1 nitrogen and oxygen atoms in total. The molecule has 0 bridgehead atoms. The molecule has 0 aromatic rings. The highest BCUT2D eigenvalue weighted by atomic mass is 35.5. The lowest BCUT2D eigenvalue weighted by atomic mass is 9.91. The smallest absolute Gasteiger partial charge is 0.158 e. The average molecular weight is 163 g/mol. The van der Waals surface area contributed by atoms with Gasteiger partial charge in [-0.2, -0.15) is 0 Å². The lowest BCUT2D eigenvalue weighted by Gasteiger charge is -2.14. The molecule has 4 unspecified atom stereocenters. The first-order chi connectivity index (χ1) is 4.66. The Morgan fingerprint density at radius 1 is 1.50 bits per heavy atom. The van der Waals surface area contributed by atoms with E-state index < -0.39 is 0 Å². The van der Waals surface area contributed by atoms with E-state index in [4.69, 9.17) is 16.3 Å². The third-order valence-corrected chi connectivity index (χ3v) is 2.88. The Balaban J connectivity index is 2.27. The van der Waals surface area contributed by atoms with E-state index >= 15 is 0 Å². The molecule has 1 saturated heterocycles. The van der Waals surface area contributed by atoms with Gasteiger partial charge in [0.25, 0.3) is 0 Å². The summed E-state index contributed by atoms with van der Waals surface area (Å²) in [6.45, 7) is 6.66. The third-order valence-electron chi connectivity index (χ3n) is 2.53. The summed E-state index contributed by atoms with van der Waals surface area (Å²) in [7, 11) is 0. The molecule has 0 aromatic heterocycles. The summed E-state index contributed by atoms with van der Waals surface area (Å²) in [5.74, 6) is 1.35. The zero-order chi connectivity index (χ0) is 7.72. The van der Waals surface area contributed by atoms with E-state index in [0.717, 1.165) is 5.92 Å². The van der Waals surface area contributed by atoms with E-state index in [0.29, 0.717) is 12.0 Å². The van der Waals surface area contributed by atoms with E-state index in [2.05, 4.69) is 20.8 Å². The van der Waals surface area contributed by atoms with Crippen molar-refractivity contribution >= 4 is 11.6 Å². The maximum absolute atomic E-state index is 5.73. The molecule has 0 aromatic carbocycles. The molecule has 2 heteroatoms. The van der Waals surface area contributed by atoms with Crippen LogP contribution in [0.15, 0.2) is 0 Å². The fourth-order valence-corrected chi connectivity index (χ4v) is 1.51. The largest absolute Gasteiger partial charge is 0.352 e. The molecular weight excluding hydrogens is 148 g/mol. The molecule has 4 atom stereocenters. The molecule has 10 heavy (non-hydrogen) atoms. The van der Waals surface area contributed by atoms with Crippen LogP contribution in [0.3, 0.4) is 0 Å². The molecule has 1 aliphatic rings. The second-order valence-corrected chi connectivity index (χ2v) is 3.63. The van der Waals surface area contributed by atoms with Crippen molar-refractivity contribution in [2.45, 2.75) is 38.9 Å². The zero-order valence-corrected chi connectivity index (χ0v) is 7.56. The van der Waals surface area contributed by atoms with Crippen molar-refractivity contribution in [3.63, 3.8) is 0 Å². The van der Waals surface area contributed by atoms with Crippen molar-refractivity contribution in [1.29, 1.82) is 0 Å². The Morgan fingerprint density at radius 3 is 2.30 bits per heavy atom. The fourth-order valence-electron chi connectivity index (χ4n) is 1.16. The average Bonchev–Trinajstić information content (AvgIpc) is 2.63. The SMILES string of the molecule is CCC(C)C(C)C1OC1Cl. The van der Waals surface area contributed by atoms with Gasteiger partial charge >= 0.3 is 0 Å². The minimum Gasteiger partial charge on any atom is -0.352 e. The van der Waals surface area contributed by atoms with Gasteiger partial charge in [-0.3, -0.25) is 0 Å². The van der Waals surface area contributed by atoms with E-state index in [1.165, 1.54) is 6.42 Å². The van der Waals surface area contributed by atoms with Crippen LogP contribution >= 0.6 is 11.6 Å². The normalized spacial score (nSPS) is 37.2. The Bertz CT molecular complexity index is 112. The van der Waals surface area contributed by atoms with Crippen molar-refractivity contribution < 1.29 is 4.74 Å². The third kappa shape index (κ3) is 1.64. The van der Waals surface area contributed by atoms with Gasteiger partial charge in [-0.05, 0) is 11.8 Å². The van der Waals surface area contributed by atoms with Crippen LogP contribution in [0.25, 0.3) is 0 Å². The number of alkyl halides is 1. The topological polar surface area (TPSA) is 12.5 Å². The van der Waals surface area contributed by atoms with Gasteiger partial charge in [-0.1, -0.05) is 38.8 Å². The molecule has 0 amide bonds. The van der Waals surface area contributed by atoms with Gasteiger partial charge < -0.3 is 4.74 Å². The minimum atomic E-state index is 0.00370. The van der Waals surface area contributed by atoms with Gasteiger partial charge in [0.15, 0.2) is 5.56 Å². The highest BCUT2D eigenvalue weighted by Gasteiger charge is 2.42. The number of halogens is 1. The Kier molecular flexibility index (Phi) is 2.59. The lowest BCUT2D eigenvalue weighted by Crippen LogP contribution is -2.13. The van der Waals surface area contributed by atoms with Crippen LogP contribution in [0, 0.1) is 11.8 Å². The van der Waals surface area contributed by atoms with Gasteiger partial charge in [-0.25, -0.2) is 0 Å². The summed E-state index contributed by atoms with van der Waals surface area (Å²) in [5.41, 5.74) is 0.00370. The molecule has 0 spiro atoms. The first-order valence-corrected chi connectivity index (χ1v) is 4.40. The van der Waals surface area contributed by atoms with Crippen molar-refractivity contribution in [2.75, 3.05) is 0 Å². The molecule has 1 rings (SSSR count). The van der Waals surface area contributed by atoms with Gasteiger partial charge in [0, 0.05) is 0 Å². The van der Waals surface area contributed by atoms with Crippen LogP contribution < -0.4 is 0 Å². The maximum atomic E-state index is 5.73. The number of hydrogen-bond donors (Lipinski definition) is 0. The lowest BCUT2D eigenvalue weighted by molar-refractivity contribution is 0.272. The van der Waals surface area contributed by atoms with Gasteiger partial charge in [-0.15, -0.1) is 0 Å². The minimum absolute atomic E-state index is 0.00370. The predicted octanol–water partition coefficient (Wildman–Crippen LogP) is 2.63. The van der Waals surface area contributed by atoms with E-state index in [-0.39, 0.29) is 5.56 Å². The molecule has 60 valence electrons. The molecular formula is C8H15ClO. The number of hydrogen-bond acceptors (Lipinski definition) is 1. The molecule has 0 aliphatic carbocycles. The first kappa shape index (κ1) is 8.35. The van der Waals surface area contributed by atoms with Gasteiger partial charge in [0.05, 0.1) is 0 Å². The highest BCUT2D eigenvalue weighted by molar-refractivity contribution is 6.21. The maximum Gasteiger partial charge on any atom is 0.158 e. The molecule has 0 saturated carbocycles. The number of rotatable bonds is 3. The van der Waals surface area contributed by atoms with Crippen LogP contribution in [0.4, 0.5) is 0 Å². The monoisotopic (exact) mass is 162 g/mol. The van der Waals surface area contributed by atoms with E-state index in [1.54, 1.807) is 0 Å². The Labute approximate surface area is 67.7 Å². The van der Waals surface area contributed by atoms with Crippen molar-refractivity contribution in [1.82, 2.24) is 0 Å². The summed E-state index contributed by atoms with van der Waals surface area (Å²) < 4.78 is 5.17. The van der Waals surface area contributed by atoms with Crippen LogP contribution in [-0.2, 0) is 4.74 Å².